The van der Waals surface area contributed by atoms with Gasteiger partial charge in [-0.15, -0.1) is 0 Å². The Labute approximate surface area is 207 Å². The summed E-state index contributed by atoms with van der Waals surface area (Å²) < 4.78 is 44.1. The normalized spacial score (nSPS) is 16.7. The van der Waals surface area contributed by atoms with Crippen molar-refractivity contribution in [1.82, 2.24) is 0 Å². The number of carboxylic acid groups (broad SMARTS) is 1. The summed E-state index contributed by atoms with van der Waals surface area (Å²) >= 11 is 0. The van der Waals surface area contributed by atoms with Crippen LogP contribution < -0.4 is 54.8 Å². The summed E-state index contributed by atoms with van der Waals surface area (Å²) in [6.45, 7) is 0. The Bertz CT molecular complexity index is 1290. The van der Waals surface area contributed by atoms with Crippen LogP contribution in [0.4, 0.5) is 11.4 Å². The van der Waals surface area contributed by atoms with E-state index in [0.717, 1.165) is 36.4 Å². The third-order valence-electron chi connectivity index (χ3n) is 3.92. The third-order valence-corrected chi connectivity index (χ3v) is 5.68. The molecule has 1 aliphatic heterocycles. The van der Waals surface area contributed by atoms with Gasteiger partial charge >= 0.3 is 33.8 Å². The van der Waals surface area contributed by atoms with E-state index in [4.69, 9.17) is 0 Å². The fourth-order valence-corrected chi connectivity index (χ4v) is 3.52. The number of anilines is 1. The first-order chi connectivity index (χ1) is 14.4. The van der Waals surface area contributed by atoms with E-state index >= 15 is 0 Å². The Morgan fingerprint density at radius 1 is 1.16 bits per heavy atom. The number of nitrogens with zero attached hydrogens (tertiary/aromatic N) is 4. The largest absolute Gasteiger partial charge is 1.00 e. The summed E-state index contributed by atoms with van der Waals surface area (Å²) in [5.74, 6) is -2.83. The van der Waals surface area contributed by atoms with Crippen LogP contribution in [0.2, 0.25) is 0 Å². The van der Waals surface area contributed by atoms with Crippen LogP contribution in [0.1, 0.15) is 4.28 Å². The summed E-state index contributed by atoms with van der Waals surface area (Å²) in [4.78, 5) is 45.6. The van der Waals surface area contributed by atoms with Gasteiger partial charge in [0.05, 0.1) is 22.2 Å². The molecule has 1 unspecified atom stereocenters. The first-order valence-corrected chi connectivity index (χ1v) is 11.1. The molecule has 1 heterocycles. The van der Waals surface area contributed by atoms with Gasteiger partial charge in [0.1, 0.15) is 15.8 Å². The van der Waals surface area contributed by atoms with Crippen LogP contribution in [0.25, 0.3) is 0 Å². The number of benzene rings is 2. The summed E-state index contributed by atoms with van der Waals surface area (Å²) in [6, 6.07) is 6.55. The molecule has 0 saturated heterocycles. The second-order valence-corrected chi connectivity index (χ2v) is 8.90. The van der Waals surface area contributed by atoms with Gasteiger partial charge in [0, 0.05) is 0 Å². The maximum Gasteiger partial charge on any atom is 1.00 e. The Hall–Kier alpha value is -2.29. The molecule has 32 heavy (non-hydrogen) atoms. The molecule has 16 heteroatoms. The molecule has 0 spiro atoms. The SMILES string of the molecule is O=C([O-])C1=NN(c2ccc(S(=O)(=O)[O-])cc2)C(=O)C1N=Nc1cccc(P(=O)([O-])[O-])c1.[H+].[H+].[H+].[Na+]. The number of hydrogen-bond donors (Lipinski definition) is 0. The number of aliphatic carboxylic acids is 1. The first kappa shape index (κ1) is 26.0. The van der Waals surface area contributed by atoms with Crippen molar-refractivity contribution < 1.29 is 75.9 Å². The van der Waals surface area contributed by atoms with E-state index in [1.165, 1.54) is 12.1 Å². The number of hydrazone groups is 1. The minimum Gasteiger partial charge on any atom is -0.807 e. The van der Waals surface area contributed by atoms with Crippen LogP contribution in [0.3, 0.4) is 0 Å². The Kier molecular flexibility index (Phi) is 7.86. The number of amides is 1. The van der Waals surface area contributed by atoms with E-state index in [1.807, 2.05) is 0 Å². The van der Waals surface area contributed by atoms with E-state index in [9.17, 15) is 42.0 Å². The fraction of sp³-hybridized carbons (Fsp3) is 0.0625. The van der Waals surface area contributed by atoms with Crippen molar-refractivity contribution in [2.45, 2.75) is 10.9 Å². The van der Waals surface area contributed by atoms with Crippen molar-refractivity contribution in [3.63, 3.8) is 0 Å². The van der Waals surface area contributed by atoms with Crippen LogP contribution in [0.15, 0.2) is 68.8 Å². The van der Waals surface area contributed by atoms with E-state index in [2.05, 4.69) is 15.3 Å². The molecule has 1 atom stereocenters. The molecule has 162 valence electrons. The zero-order chi connectivity index (χ0) is 23.0. The molecule has 0 aliphatic carbocycles. The van der Waals surface area contributed by atoms with Crippen LogP contribution in [0, 0.1) is 0 Å². The van der Waals surface area contributed by atoms with Gasteiger partial charge in [0.25, 0.3) is 5.91 Å². The molecule has 1 amide bonds. The van der Waals surface area contributed by atoms with Gasteiger partial charge in [0.2, 0.25) is 0 Å². The van der Waals surface area contributed by atoms with Crippen molar-refractivity contribution in [3.05, 3.63) is 48.5 Å². The van der Waals surface area contributed by atoms with Crippen molar-refractivity contribution in [2.24, 2.45) is 15.3 Å². The molecule has 3 rings (SSSR count). The Balaban J connectivity index is 0. The van der Waals surface area contributed by atoms with Gasteiger partial charge in [-0.25, -0.2) is 8.42 Å². The van der Waals surface area contributed by atoms with Crippen LogP contribution in [-0.2, 0) is 24.3 Å². The van der Waals surface area contributed by atoms with Crippen molar-refractivity contribution in [1.29, 1.82) is 0 Å². The number of carboxylic acids is 1. The minimum absolute atomic E-state index is 0. The summed E-state index contributed by atoms with van der Waals surface area (Å²) in [6.07, 6.45) is 0. The molecule has 0 aromatic heterocycles. The number of rotatable bonds is 6. The Morgan fingerprint density at radius 2 is 1.78 bits per heavy atom. The van der Waals surface area contributed by atoms with Gasteiger partial charge in [-0.05, 0) is 49.3 Å². The van der Waals surface area contributed by atoms with Gasteiger partial charge in [0.15, 0.2) is 6.04 Å². The zero-order valence-electron chi connectivity index (χ0n) is 19.0. The van der Waals surface area contributed by atoms with Gasteiger partial charge < -0.3 is 28.8 Å². The summed E-state index contributed by atoms with van der Waals surface area (Å²) in [5.41, 5.74) is -1.02. The maximum absolute atomic E-state index is 12.6. The number of hydrogen-bond acceptors (Lipinski definition) is 12. The average Bonchev–Trinajstić information content (AvgIpc) is 3.02. The smallest absolute Gasteiger partial charge is 0.807 e. The summed E-state index contributed by atoms with van der Waals surface area (Å²) in [7, 11) is -9.81. The molecule has 2 aromatic rings. The predicted octanol–water partition coefficient (Wildman–Crippen LogP) is -4.92. The second-order valence-electron chi connectivity index (χ2n) is 6.01. The standard InChI is InChI=1S/C16H13N4O9PS.Na/c21-15-13(18-17-9-2-1-3-11(8-9)30(24,25)26)14(16(22)23)19-20(15)10-4-6-12(7-5-10)31(27,28)29;/h1-8,13H,(H,22,23)(H2,24,25,26)(H,27,28,29);/q;+1/p-1. The van der Waals surface area contributed by atoms with Crippen molar-refractivity contribution in [3.8, 4) is 0 Å². The minimum atomic E-state index is -5.07. The van der Waals surface area contributed by atoms with Crippen LogP contribution in [-0.4, -0.2) is 36.6 Å². The van der Waals surface area contributed by atoms with Gasteiger partial charge in [-0.2, -0.15) is 20.3 Å². The molecule has 0 fully saturated rings. The number of azo groups is 1. The topological polar surface area (TPSA) is 218 Å². The molecular weight excluding hydrogens is 478 g/mol. The van der Waals surface area contributed by atoms with Gasteiger partial charge in [-0.1, -0.05) is 12.1 Å². The number of carbonyl (C=O) groups is 2. The summed E-state index contributed by atoms with van der Waals surface area (Å²) in [5, 5.41) is 22.2. The van der Waals surface area contributed by atoms with E-state index in [-0.39, 0.29) is 45.2 Å². The van der Waals surface area contributed by atoms with Crippen molar-refractivity contribution >= 4 is 52.0 Å². The number of carbonyl (C=O) groups excluding carboxylic acids is 2. The second kappa shape index (κ2) is 9.68. The average molecular weight is 490 g/mol. The van der Waals surface area contributed by atoms with Crippen molar-refractivity contribution in [2.75, 3.05) is 5.01 Å². The zero-order valence-corrected chi connectivity index (χ0v) is 19.7. The molecule has 0 N–H and O–H groups in total. The van der Waals surface area contributed by atoms with E-state index in [0.29, 0.717) is 5.01 Å². The fourth-order valence-electron chi connectivity index (χ4n) is 2.49. The molecule has 13 nitrogen and oxygen atoms in total. The van der Waals surface area contributed by atoms with E-state index < -0.39 is 51.5 Å². The van der Waals surface area contributed by atoms with Crippen LogP contribution >= 0.6 is 7.60 Å². The quantitative estimate of drug-likeness (QED) is 0.164. The molecular formula is C16H12N4NaO9PS. The molecule has 0 saturated carbocycles. The van der Waals surface area contributed by atoms with Crippen LogP contribution in [0.5, 0.6) is 0 Å². The molecule has 0 bridgehead atoms. The van der Waals surface area contributed by atoms with E-state index in [1.54, 1.807) is 0 Å². The monoisotopic (exact) mass is 490 g/mol. The third kappa shape index (κ3) is 5.74. The molecule has 1 aliphatic rings. The first-order valence-electron chi connectivity index (χ1n) is 8.11. The Morgan fingerprint density at radius 3 is 2.31 bits per heavy atom. The molecule has 2 aromatic carbocycles. The van der Waals surface area contributed by atoms with Gasteiger partial charge in [-0.3, -0.25) is 4.79 Å². The molecule has 0 radical (unpaired) electrons. The maximum atomic E-state index is 12.6. The predicted molar refractivity (Wildman–Crippen MR) is 99.7 cm³/mol.